The highest BCUT2D eigenvalue weighted by atomic mass is 16.5. The fourth-order valence-corrected chi connectivity index (χ4v) is 2.23. The minimum atomic E-state index is -0.393. The lowest BCUT2D eigenvalue weighted by atomic mass is 10.1. The van der Waals surface area contributed by atoms with E-state index in [1.165, 1.54) is 6.92 Å². The number of benzene rings is 2. The third kappa shape index (κ3) is 3.06. The van der Waals surface area contributed by atoms with Crippen molar-refractivity contribution in [3.63, 3.8) is 0 Å². The predicted molar refractivity (Wildman–Crippen MR) is 83.8 cm³/mol. The second-order valence-electron chi connectivity index (χ2n) is 4.84. The quantitative estimate of drug-likeness (QED) is 0.688. The van der Waals surface area contributed by atoms with Crippen molar-refractivity contribution in [2.45, 2.75) is 13.5 Å². The molecule has 2 aromatic carbocycles. The maximum atomic E-state index is 11.2. The molecule has 0 unspecified atom stereocenters. The van der Waals surface area contributed by atoms with E-state index in [0.29, 0.717) is 12.5 Å². The molecule has 110 valence electrons. The highest BCUT2D eigenvalue weighted by Gasteiger charge is 2.09. The standard InChI is InChI=1S/C18H15NO3/c1-13(20)22-18-16-8-5-9-17(15(16)10-11-19-18)21-12-14-6-3-2-4-7-14/h2-11H,12H2,1H3. The van der Waals surface area contributed by atoms with Gasteiger partial charge in [0, 0.05) is 23.9 Å². The smallest absolute Gasteiger partial charge is 0.309 e. The molecule has 0 atom stereocenters. The van der Waals surface area contributed by atoms with Gasteiger partial charge in [-0.15, -0.1) is 0 Å². The van der Waals surface area contributed by atoms with Crippen molar-refractivity contribution in [3.05, 3.63) is 66.4 Å². The number of pyridine rings is 1. The average Bonchev–Trinajstić information content (AvgIpc) is 2.54. The van der Waals surface area contributed by atoms with Gasteiger partial charge in [0.1, 0.15) is 12.4 Å². The maximum Gasteiger partial charge on any atom is 0.309 e. The molecule has 0 saturated carbocycles. The number of nitrogens with zero attached hydrogens (tertiary/aromatic N) is 1. The van der Waals surface area contributed by atoms with Crippen molar-refractivity contribution in [1.82, 2.24) is 4.98 Å². The van der Waals surface area contributed by atoms with Crippen LogP contribution in [0.15, 0.2) is 60.8 Å². The molecule has 3 rings (SSSR count). The van der Waals surface area contributed by atoms with Gasteiger partial charge >= 0.3 is 5.97 Å². The normalized spacial score (nSPS) is 10.4. The highest BCUT2D eigenvalue weighted by molar-refractivity contribution is 5.92. The molecule has 4 heteroatoms. The first kappa shape index (κ1) is 14.1. The summed E-state index contributed by atoms with van der Waals surface area (Å²) in [5, 5.41) is 1.62. The lowest BCUT2D eigenvalue weighted by Crippen LogP contribution is -2.03. The van der Waals surface area contributed by atoms with E-state index in [9.17, 15) is 4.79 Å². The van der Waals surface area contributed by atoms with Gasteiger partial charge in [-0.1, -0.05) is 36.4 Å². The second-order valence-corrected chi connectivity index (χ2v) is 4.84. The maximum absolute atomic E-state index is 11.2. The minimum Gasteiger partial charge on any atom is -0.488 e. The number of carbonyl (C=O) groups excluding carboxylic acids is 1. The van der Waals surface area contributed by atoms with Crippen molar-refractivity contribution in [2.75, 3.05) is 0 Å². The average molecular weight is 293 g/mol. The Morgan fingerprint density at radius 2 is 1.82 bits per heavy atom. The van der Waals surface area contributed by atoms with E-state index in [4.69, 9.17) is 9.47 Å². The van der Waals surface area contributed by atoms with Crippen LogP contribution >= 0.6 is 0 Å². The molecule has 0 aliphatic carbocycles. The summed E-state index contributed by atoms with van der Waals surface area (Å²) in [7, 11) is 0. The summed E-state index contributed by atoms with van der Waals surface area (Å²) in [4.78, 5) is 15.3. The van der Waals surface area contributed by atoms with Crippen molar-refractivity contribution in [3.8, 4) is 11.6 Å². The first-order valence-corrected chi connectivity index (χ1v) is 6.97. The molecule has 0 aliphatic rings. The Morgan fingerprint density at radius 1 is 1.00 bits per heavy atom. The fourth-order valence-electron chi connectivity index (χ4n) is 2.23. The SMILES string of the molecule is CC(=O)Oc1nccc2c(OCc3ccccc3)cccc12. The number of hydrogen-bond acceptors (Lipinski definition) is 4. The predicted octanol–water partition coefficient (Wildman–Crippen LogP) is 3.74. The van der Waals surface area contributed by atoms with Gasteiger partial charge in [-0.25, -0.2) is 4.98 Å². The van der Waals surface area contributed by atoms with Gasteiger partial charge in [0.15, 0.2) is 0 Å². The number of esters is 1. The van der Waals surface area contributed by atoms with Crippen molar-refractivity contribution >= 4 is 16.7 Å². The van der Waals surface area contributed by atoms with Crippen LogP contribution in [0.4, 0.5) is 0 Å². The molecule has 22 heavy (non-hydrogen) atoms. The number of hydrogen-bond donors (Lipinski definition) is 0. The van der Waals surface area contributed by atoms with Crippen molar-refractivity contribution < 1.29 is 14.3 Å². The Bertz CT molecular complexity index is 800. The van der Waals surface area contributed by atoms with E-state index in [2.05, 4.69) is 4.98 Å². The van der Waals surface area contributed by atoms with Crippen LogP contribution in [-0.4, -0.2) is 11.0 Å². The monoisotopic (exact) mass is 293 g/mol. The summed E-state index contributed by atoms with van der Waals surface area (Å²) in [6.45, 7) is 1.83. The van der Waals surface area contributed by atoms with Gasteiger partial charge in [-0.05, 0) is 23.8 Å². The Hall–Kier alpha value is -2.88. The first-order chi connectivity index (χ1) is 10.7. The largest absolute Gasteiger partial charge is 0.488 e. The summed E-state index contributed by atoms with van der Waals surface area (Å²) >= 11 is 0. The summed E-state index contributed by atoms with van der Waals surface area (Å²) in [5.74, 6) is 0.642. The molecule has 0 radical (unpaired) electrons. The van der Waals surface area contributed by atoms with Crippen LogP contribution in [0.25, 0.3) is 10.8 Å². The highest BCUT2D eigenvalue weighted by Crippen LogP contribution is 2.31. The summed E-state index contributed by atoms with van der Waals surface area (Å²) < 4.78 is 11.0. The van der Waals surface area contributed by atoms with E-state index in [1.54, 1.807) is 6.20 Å². The second kappa shape index (κ2) is 6.26. The number of ether oxygens (including phenoxy) is 2. The Labute approximate surface area is 128 Å². The third-order valence-corrected chi connectivity index (χ3v) is 3.21. The molecule has 1 aromatic heterocycles. The third-order valence-electron chi connectivity index (χ3n) is 3.21. The van der Waals surface area contributed by atoms with Crippen LogP contribution in [0, 0.1) is 0 Å². The van der Waals surface area contributed by atoms with Gasteiger partial charge in [-0.2, -0.15) is 0 Å². The first-order valence-electron chi connectivity index (χ1n) is 6.97. The van der Waals surface area contributed by atoms with Crippen LogP contribution < -0.4 is 9.47 Å². The Kier molecular flexibility index (Phi) is 4.01. The van der Waals surface area contributed by atoms with E-state index in [1.807, 2.05) is 54.6 Å². The van der Waals surface area contributed by atoms with Crippen LogP contribution in [0.2, 0.25) is 0 Å². The molecule has 1 heterocycles. The van der Waals surface area contributed by atoms with Crippen LogP contribution in [0.1, 0.15) is 12.5 Å². The zero-order valence-corrected chi connectivity index (χ0v) is 12.2. The molecule has 3 aromatic rings. The number of rotatable bonds is 4. The molecule has 0 saturated heterocycles. The van der Waals surface area contributed by atoms with Crippen molar-refractivity contribution in [2.24, 2.45) is 0 Å². The van der Waals surface area contributed by atoms with Crippen LogP contribution in [-0.2, 0) is 11.4 Å². The lowest BCUT2D eigenvalue weighted by Gasteiger charge is -2.11. The summed E-state index contributed by atoms with van der Waals surface area (Å²) in [5.41, 5.74) is 1.09. The van der Waals surface area contributed by atoms with Crippen LogP contribution in [0.5, 0.6) is 11.6 Å². The van der Waals surface area contributed by atoms with Gasteiger partial charge < -0.3 is 9.47 Å². The zero-order chi connectivity index (χ0) is 15.4. The Balaban J connectivity index is 1.92. The Morgan fingerprint density at radius 3 is 2.59 bits per heavy atom. The van der Waals surface area contributed by atoms with Gasteiger partial charge in [0.25, 0.3) is 0 Å². The van der Waals surface area contributed by atoms with E-state index in [0.717, 1.165) is 22.1 Å². The lowest BCUT2D eigenvalue weighted by molar-refractivity contribution is -0.132. The number of carbonyl (C=O) groups is 1. The molecular formula is C18H15NO3. The van der Waals surface area contributed by atoms with Crippen LogP contribution in [0.3, 0.4) is 0 Å². The van der Waals surface area contributed by atoms with Gasteiger partial charge in [0.05, 0.1) is 0 Å². The molecule has 0 aliphatic heterocycles. The molecule has 0 spiro atoms. The molecule has 0 N–H and O–H groups in total. The van der Waals surface area contributed by atoms with Gasteiger partial charge in [-0.3, -0.25) is 4.79 Å². The zero-order valence-electron chi connectivity index (χ0n) is 12.2. The molecule has 0 amide bonds. The number of aromatic nitrogens is 1. The van der Waals surface area contributed by atoms with Gasteiger partial charge in [0.2, 0.25) is 5.88 Å². The summed E-state index contributed by atoms with van der Waals surface area (Å²) in [6, 6.07) is 17.4. The summed E-state index contributed by atoms with van der Waals surface area (Å²) in [6.07, 6.45) is 1.61. The van der Waals surface area contributed by atoms with E-state index in [-0.39, 0.29) is 0 Å². The van der Waals surface area contributed by atoms with Crippen molar-refractivity contribution in [1.29, 1.82) is 0 Å². The molecular weight excluding hydrogens is 278 g/mol. The molecule has 4 nitrogen and oxygen atoms in total. The van der Waals surface area contributed by atoms with E-state index < -0.39 is 5.97 Å². The number of fused-ring (bicyclic) bond motifs is 1. The topological polar surface area (TPSA) is 48.4 Å². The molecule has 0 fully saturated rings. The minimum absolute atomic E-state index is 0.301. The van der Waals surface area contributed by atoms with E-state index >= 15 is 0 Å². The fraction of sp³-hybridized carbons (Fsp3) is 0.111. The molecule has 0 bridgehead atoms.